The van der Waals surface area contributed by atoms with Crippen molar-refractivity contribution in [2.45, 2.75) is 19.9 Å². The van der Waals surface area contributed by atoms with E-state index < -0.39 is 10.8 Å². The topological polar surface area (TPSA) is 97.2 Å². The molecule has 1 heterocycles. The predicted octanol–water partition coefficient (Wildman–Crippen LogP) is 1.90. The van der Waals surface area contributed by atoms with Crippen LogP contribution < -0.4 is 10.6 Å². The van der Waals surface area contributed by atoms with E-state index in [0.717, 1.165) is 17.7 Å². The van der Waals surface area contributed by atoms with Crippen molar-refractivity contribution in [1.29, 1.82) is 0 Å². The van der Waals surface area contributed by atoms with E-state index in [2.05, 4.69) is 15.6 Å². The summed E-state index contributed by atoms with van der Waals surface area (Å²) < 4.78 is 0. The molecule has 0 aliphatic heterocycles. The Kier molecular flexibility index (Phi) is 6.23. The van der Waals surface area contributed by atoms with Crippen LogP contribution in [0.5, 0.6) is 0 Å². The van der Waals surface area contributed by atoms with Crippen LogP contribution in [0.4, 0.5) is 11.5 Å². The van der Waals surface area contributed by atoms with Crippen LogP contribution in [-0.2, 0) is 0 Å². The van der Waals surface area contributed by atoms with E-state index in [0.29, 0.717) is 5.82 Å². The summed E-state index contributed by atoms with van der Waals surface area (Å²) in [6, 6.07) is 1.32. The lowest BCUT2D eigenvalue weighted by Crippen LogP contribution is -2.34. The first kappa shape index (κ1) is 16.2. The molecule has 0 radical (unpaired) electrons. The maximum absolute atomic E-state index is 12.1. The lowest BCUT2D eigenvalue weighted by Gasteiger charge is -2.13. The lowest BCUT2D eigenvalue weighted by atomic mass is 10.2. The molecule has 0 aliphatic rings. The molecule has 0 bridgehead atoms. The van der Waals surface area contributed by atoms with Crippen molar-refractivity contribution in [2.24, 2.45) is 0 Å². The predicted molar refractivity (Wildman–Crippen MR) is 80.4 cm³/mol. The van der Waals surface area contributed by atoms with Gasteiger partial charge in [0.05, 0.1) is 4.92 Å². The van der Waals surface area contributed by atoms with Gasteiger partial charge < -0.3 is 10.6 Å². The van der Waals surface area contributed by atoms with Crippen LogP contribution in [0.3, 0.4) is 0 Å². The van der Waals surface area contributed by atoms with Crippen molar-refractivity contribution in [1.82, 2.24) is 10.3 Å². The Labute approximate surface area is 121 Å². The number of hydrogen-bond donors (Lipinski definition) is 2. The molecule has 1 rings (SSSR count). The molecule has 0 spiro atoms. The first-order chi connectivity index (χ1) is 9.49. The highest BCUT2D eigenvalue weighted by molar-refractivity contribution is 7.99. The summed E-state index contributed by atoms with van der Waals surface area (Å²) in [4.78, 5) is 26.3. The maximum atomic E-state index is 12.1. The molecular formula is C12H18N4O3S. The van der Waals surface area contributed by atoms with Crippen molar-refractivity contribution in [3.63, 3.8) is 0 Å². The van der Waals surface area contributed by atoms with Crippen LogP contribution in [0.2, 0.25) is 0 Å². The quantitative estimate of drug-likeness (QED) is 0.589. The van der Waals surface area contributed by atoms with Crippen LogP contribution >= 0.6 is 11.8 Å². The summed E-state index contributed by atoms with van der Waals surface area (Å²) in [5, 5.41) is 16.5. The first-order valence-electron chi connectivity index (χ1n) is 6.20. The van der Waals surface area contributed by atoms with E-state index in [-0.39, 0.29) is 17.3 Å². The van der Waals surface area contributed by atoms with Crippen molar-refractivity contribution >= 4 is 29.2 Å². The van der Waals surface area contributed by atoms with Gasteiger partial charge in [-0.1, -0.05) is 6.92 Å². The van der Waals surface area contributed by atoms with Crippen LogP contribution in [0.1, 0.15) is 24.2 Å². The molecule has 0 aromatic carbocycles. The van der Waals surface area contributed by atoms with Gasteiger partial charge in [-0.3, -0.25) is 14.9 Å². The number of carbonyl (C=O) groups is 1. The second-order valence-corrected chi connectivity index (χ2v) is 5.45. The van der Waals surface area contributed by atoms with Gasteiger partial charge in [-0.25, -0.2) is 4.98 Å². The number of hydrogen-bond acceptors (Lipinski definition) is 6. The fraction of sp³-hybridized carbons (Fsp3) is 0.500. The summed E-state index contributed by atoms with van der Waals surface area (Å²) in [6.07, 6.45) is 1.09. The lowest BCUT2D eigenvalue weighted by molar-refractivity contribution is -0.385. The summed E-state index contributed by atoms with van der Waals surface area (Å²) in [5.74, 6) is 1.68. The fourth-order valence-electron chi connectivity index (χ4n) is 1.55. The Hall–Kier alpha value is -1.83. The minimum Gasteiger partial charge on any atom is -0.373 e. The number of amides is 1. The molecule has 2 N–H and O–H groups in total. The van der Waals surface area contributed by atoms with Gasteiger partial charge in [0, 0.05) is 24.9 Å². The molecule has 1 aromatic rings. The highest BCUT2D eigenvalue weighted by atomic mass is 32.2. The van der Waals surface area contributed by atoms with Crippen LogP contribution in [-0.4, -0.2) is 40.4 Å². The zero-order valence-electron chi connectivity index (χ0n) is 11.7. The van der Waals surface area contributed by atoms with E-state index in [1.165, 1.54) is 6.07 Å². The number of nitrogens with zero attached hydrogens (tertiary/aromatic N) is 2. The number of aromatic nitrogens is 1. The van der Waals surface area contributed by atoms with Gasteiger partial charge in [0.25, 0.3) is 11.6 Å². The fourth-order valence-corrected chi connectivity index (χ4v) is 2.22. The largest absolute Gasteiger partial charge is 0.373 e. The van der Waals surface area contributed by atoms with Gasteiger partial charge in [0.15, 0.2) is 0 Å². The molecule has 0 fully saturated rings. The van der Waals surface area contributed by atoms with Crippen LogP contribution in [0.25, 0.3) is 0 Å². The average Bonchev–Trinajstić information content (AvgIpc) is 2.44. The van der Waals surface area contributed by atoms with Crippen molar-refractivity contribution in [2.75, 3.05) is 23.9 Å². The molecular weight excluding hydrogens is 280 g/mol. The summed E-state index contributed by atoms with van der Waals surface area (Å²) in [6.45, 7) is 3.90. The number of nitro groups is 1. The molecule has 1 aromatic heterocycles. The van der Waals surface area contributed by atoms with E-state index >= 15 is 0 Å². The van der Waals surface area contributed by atoms with Crippen LogP contribution in [0.15, 0.2) is 12.3 Å². The zero-order valence-corrected chi connectivity index (χ0v) is 12.5. The van der Waals surface area contributed by atoms with Crippen LogP contribution in [0, 0.1) is 10.1 Å². The summed E-state index contributed by atoms with van der Waals surface area (Å²) in [5.41, 5.74) is -0.278. The molecule has 1 atom stereocenters. The number of rotatable bonds is 7. The third-order valence-corrected chi connectivity index (χ3v) is 3.67. The van der Waals surface area contributed by atoms with E-state index in [4.69, 9.17) is 0 Å². The molecule has 1 unspecified atom stereocenters. The Bertz CT molecular complexity index is 496. The summed E-state index contributed by atoms with van der Waals surface area (Å²) in [7, 11) is 1.64. The monoisotopic (exact) mass is 298 g/mol. The molecule has 1 amide bonds. The summed E-state index contributed by atoms with van der Waals surface area (Å²) >= 11 is 1.70. The van der Waals surface area contributed by atoms with Crippen molar-refractivity contribution in [3.8, 4) is 0 Å². The number of thioether (sulfide) groups is 1. The third-order valence-electron chi connectivity index (χ3n) is 2.53. The first-order valence-corrected chi connectivity index (χ1v) is 7.35. The van der Waals surface area contributed by atoms with E-state index in [9.17, 15) is 14.9 Å². The molecule has 110 valence electrons. The van der Waals surface area contributed by atoms with E-state index in [1.54, 1.807) is 18.8 Å². The van der Waals surface area contributed by atoms with Gasteiger partial charge in [0.1, 0.15) is 17.6 Å². The van der Waals surface area contributed by atoms with Gasteiger partial charge in [-0.05, 0) is 12.7 Å². The Balaban J connectivity index is 2.92. The second kappa shape index (κ2) is 7.68. The number of pyridine rings is 1. The van der Waals surface area contributed by atoms with Crippen molar-refractivity contribution < 1.29 is 9.72 Å². The number of nitrogens with one attached hydrogen (secondary N) is 2. The van der Waals surface area contributed by atoms with Gasteiger partial charge in [-0.2, -0.15) is 11.8 Å². The minimum absolute atomic E-state index is 0.0164. The Morgan fingerprint density at radius 2 is 2.30 bits per heavy atom. The smallest absolute Gasteiger partial charge is 0.300 e. The molecule has 8 heteroatoms. The molecule has 20 heavy (non-hydrogen) atoms. The maximum Gasteiger partial charge on any atom is 0.300 e. The molecule has 0 saturated heterocycles. The van der Waals surface area contributed by atoms with Gasteiger partial charge >= 0.3 is 0 Å². The molecule has 7 nitrogen and oxygen atoms in total. The van der Waals surface area contributed by atoms with Gasteiger partial charge in [-0.15, -0.1) is 0 Å². The SMILES string of the molecule is CCSCC(C)NC(=O)c1cc(NC)ncc1[N+](=O)[O-]. The third kappa shape index (κ3) is 4.37. The molecule has 0 saturated carbocycles. The minimum atomic E-state index is -0.604. The molecule has 0 aliphatic carbocycles. The number of anilines is 1. The van der Waals surface area contributed by atoms with Gasteiger partial charge in [0.2, 0.25) is 0 Å². The standard InChI is InChI=1S/C12H18N4O3S/c1-4-20-7-8(2)15-12(17)9-5-11(13-3)14-6-10(9)16(18)19/h5-6,8H,4,7H2,1-3H3,(H,13,14)(H,15,17). The average molecular weight is 298 g/mol. The highest BCUT2D eigenvalue weighted by Crippen LogP contribution is 2.20. The Morgan fingerprint density at radius 3 is 2.85 bits per heavy atom. The highest BCUT2D eigenvalue weighted by Gasteiger charge is 2.22. The van der Waals surface area contributed by atoms with E-state index in [1.807, 2.05) is 13.8 Å². The normalized spacial score (nSPS) is 11.8. The Morgan fingerprint density at radius 1 is 1.60 bits per heavy atom. The van der Waals surface area contributed by atoms with Crippen molar-refractivity contribution in [3.05, 3.63) is 27.9 Å². The number of carbonyl (C=O) groups excluding carboxylic acids is 1. The zero-order chi connectivity index (χ0) is 15.1. The second-order valence-electron chi connectivity index (χ2n) is 4.13.